The number of rotatable bonds is 8. The van der Waals surface area contributed by atoms with E-state index in [1.807, 2.05) is 56.9 Å². The zero-order valence-corrected chi connectivity index (χ0v) is 17.3. The normalized spacial score (nSPS) is 18.2. The lowest BCUT2D eigenvalue weighted by Gasteiger charge is -2.32. The van der Waals surface area contributed by atoms with Crippen molar-refractivity contribution in [3.63, 3.8) is 0 Å². The number of hydrogen-bond donors (Lipinski definition) is 0. The Labute approximate surface area is 159 Å². The van der Waals surface area contributed by atoms with Crippen LogP contribution in [-0.4, -0.2) is 42.2 Å². The topological polar surface area (TPSA) is 38.8 Å². The molecule has 5 heteroatoms. The molecule has 0 radical (unpaired) electrons. The molecule has 1 amide bonds. The molecule has 1 saturated heterocycles. The van der Waals surface area contributed by atoms with E-state index in [1.165, 1.54) is 0 Å². The molecule has 4 nitrogen and oxygen atoms in total. The van der Waals surface area contributed by atoms with Crippen molar-refractivity contribution in [3.8, 4) is 0 Å². The Morgan fingerprint density at radius 3 is 1.96 bits per heavy atom. The van der Waals surface area contributed by atoms with E-state index < -0.39 is 18.3 Å². The first-order chi connectivity index (χ1) is 12.2. The summed E-state index contributed by atoms with van der Waals surface area (Å²) in [6.07, 6.45) is 4.20. The Kier molecular flexibility index (Phi) is 6.92. The van der Waals surface area contributed by atoms with Crippen molar-refractivity contribution in [2.45, 2.75) is 78.4 Å². The van der Waals surface area contributed by atoms with Crippen LogP contribution in [0.15, 0.2) is 24.3 Å². The van der Waals surface area contributed by atoms with Crippen molar-refractivity contribution in [1.82, 2.24) is 4.90 Å². The van der Waals surface area contributed by atoms with E-state index >= 15 is 0 Å². The first-order valence-electron chi connectivity index (χ1n) is 9.97. The molecule has 0 bridgehead atoms. The number of carbonyl (C=O) groups is 1. The number of amides is 1. The highest BCUT2D eigenvalue weighted by molar-refractivity contribution is 6.63. The number of hydrogen-bond acceptors (Lipinski definition) is 3. The fourth-order valence-electron chi connectivity index (χ4n) is 3.05. The highest BCUT2D eigenvalue weighted by Crippen LogP contribution is 2.36. The second-order valence-electron chi connectivity index (χ2n) is 8.17. The van der Waals surface area contributed by atoms with Gasteiger partial charge in [-0.3, -0.25) is 4.79 Å². The molecular formula is C21H34BNO3. The Hall–Kier alpha value is -1.33. The molecule has 1 aromatic carbocycles. The molecule has 0 spiro atoms. The lowest BCUT2D eigenvalue weighted by molar-refractivity contribution is 0.00578. The van der Waals surface area contributed by atoms with E-state index in [0.717, 1.165) is 44.2 Å². The summed E-state index contributed by atoms with van der Waals surface area (Å²) in [5.41, 5.74) is 0.683. The van der Waals surface area contributed by atoms with Crippen LogP contribution in [0.1, 0.15) is 77.6 Å². The van der Waals surface area contributed by atoms with Gasteiger partial charge in [0.05, 0.1) is 11.2 Å². The fraction of sp³-hybridized carbons (Fsp3) is 0.667. The van der Waals surface area contributed by atoms with Gasteiger partial charge in [0.25, 0.3) is 5.91 Å². The van der Waals surface area contributed by atoms with Crippen molar-refractivity contribution in [3.05, 3.63) is 29.8 Å². The number of unbranched alkanes of at least 4 members (excludes halogenated alkanes) is 2. The third-order valence-corrected chi connectivity index (χ3v) is 5.55. The van der Waals surface area contributed by atoms with Gasteiger partial charge in [-0.15, -0.1) is 0 Å². The molecule has 1 aliphatic rings. The van der Waals surface area contributed by atoms with Crippen molar-refractivity contribution in [1.29, 1.82) is 0 Å². The Bertz CT molecular complexity index is 591. The molecule has 1 fully saturated rings. The molecule has 0 aliphatic carbocycles. The summed E-state index contributed by atoms with van der Waals surface area (Å²) < 4.78 is 12.4. The Balaban J connectivity index is 2.28. The molecular weight excluding hydrogens is 325 g/mol. The van der Waals surface area contributed by atoms with Gasteiger partial charge in [0.2, 0.25) is 0 Å². The number of nitrogens with zero attached hydrogens (tertiary/aromatic N) is 1. The molecule has 0 N–H and O–H groups in total. The maximum absolute atomic E-state index is 13.3. The quantitative estimate of drug-likeness (QED) is 0.658. The van der Waals surface area contributed by atoms with Crippen molar-refractivity contribution in [2.24, 2.45) is 0 Å². The predicted octanol–water partition coefficient (Wildman–Crippen LogP) is 4.03. The van der Waals surface area contributed by atoms with E-state index in [2.05, 4.69) is 13.8 Å². The molecule has 144 valence electrons. The van der Waals surface area contributed by atoms with E-state index in [0.29, 0.717) is 5.56 Å². The molecule has 0 aromatic heterocycles. The van der Waals surface area contributed by atoms with Gasteiger partial charge in [0.1, 0.15) is 0 Å². The summed E-state index contributed by atoms with van der Waals surface area (Å²) in [6, 6.07) is 7.71. The Morgan fingerprint density at radius 2 is 1.46 bits per heavy atom. The van der Waals surface area contributed by atoms with E-state index in [1.54, 1.807) is 0 Å². The lowest BCUT2D eigenvalue weighted by atomic mass is 9.75. The van der Waals surface area contributed by atoms with Crippen molar-refractivity contribution >= 4 is 18.5 Å². The smallest absolute Gasteiger partial charge is 0.399 e. The molecule has 1 aliphatic heterocycles. The van der Waals surface area contributed by atoms with Crippen LogP contribution in [0.5, 0.6) is 0 Å². The van der Waals surface area contributed by atoms with Crippen LogP contribution >= 0.6 is 0 Å². The largest absolute Gasteiger partial charge is 0.495 e. The monoisotopic (exact) mass is 359 g/mol. The second kappa shape index (κ2) is 8.58. The van der Waals surface area contributed by atoms with Crippen LogP contribution in [0.3, 0.4) is 0 Å². The zero-order valence-electron chi connectivity index (χ0n) is 17.3. The molecule has 0 unspecified atom stereocenters. The van der Waals surface area contributed by atoms with Gasteiger partial charge >= 0.3 is 7.12 Å². The van der Waals surface area contributed by atoms with E-state index in [9.17, 15) is 4.79 Å². The molecule has 1 aromatic rings. The second-order valence-corrected chi connectivity index (χ2v) is 8.17. The molecule has 26 heavy (non-hydrogen) atoms. The summed E-state index contributed by atoms with van der Waals surface area (Å²) in [5.74, 6) is 0.0808. The average Bonchev–Trinajstić information content (AvgIpc) is 2.82. The summed E-state index contributed by atoms with van der Waals surface area (Å²) in [6.45, 7) is 14.0. The maximum atomic E-state index is 13.3. The van der Waals surface area contributed by atoms with Crippen LogP contribution < -0.4 is 5.46 Å². The molecule has 0 saturated carbocycles. The first kappa shape index (κ1) is 21.0. The van der Waals surface area contributed by atoms with Gasteiger partial charge in [-0.2, -0.15) is 0 Å². The van der Waals surface area contributed by atoms with E-state index in [4.69, 9.17) is 9.31 Å². The minimum Gasteiger partial charge on any atom is -0.399 e. The number of carbonyl (C=O) groups excluding carboxylic acids is 1. The molecule has 1 heterocycles. The predicted molar refractivity (Wildman–Crippen MR) is 108 cm³/mol. The van der Waals surface area contributed by atoms with Crippen LogP contribution in [0.2, 0.25) is 0 Å². The van der Waals surface area contributed by atoms with E-state index in [-0.39, 0.29) is 5.91 Å². The minimum absolute atomic E-state index is 0.0808. The molecule has 0 atom stereocenters. The maximum Gasteiger partial charge on any atom is 0.495 e. The first-order valence-corrected chi connectivity index (χ1v) is 9.97. The van der Waals surface area contributed by atoms with Gasteiger partial charge in [-0.05, 0) is 52.1 Å². The SMILES string of the molecule is CCCCN(CCCC)C(=O)c1ccccc1B1OC(C)(C)C(C)(C)O1. The van der Waals surface area contributed by atoms with Crippen LogP contribution in [0, 0.1) is 0 Å². The highest BCUT2D eigenvalue weighted by atomic mass is 16.7. The zero-order chi connectivity index (χ0) is 19.4. The standard InChI is InChI=1S/C21H34BNO3/c1-7-9-15-23(16-10-8-2)19(24)17-13-11-12-14-18(17)22-25-20(3,4)21(5,6)26-22/h11-14H,7-10,15-16H2,1-6H3. The number of benzene rings is 1. The fourth-order valence-corrected chi connectivity index (χ4v) is 3.05. The third kappa shape index (κ3) is 4.50. The molecule has 2 rings (SSSR count). The van der Waals surface area contributed by atoms with Gasteiger partial charge in [-0.1, -0.05) is 44.9 Å². The lowest BCUT2D eigenvalue weighted by Crippen LogP contribution is -2.42. The summed E-state index contributed by atoms with van der Waals surface area (Å²) >= 11 is 0. The van der Waals surface area contributed by atoms with Gasteiger partial charge in [0, 0.05) is 18.7 Å². The third-order valence-electron chi connectivity index (χ3n) is 5.55. The minimum atomic E-state index is -0.514. The van der Waals surface area contributed by atoms with Crippen LogP contribution in [0.25, 0.3) is 0 Å². The van der Waals surface area contributed by atoms with Crippen molar-refractivity contribution in [2.75, 3.05) is 13.1 Å². The summed E-state index contributed by atoms with van der Waals surface area (Å²) in [7, 11) is -0.514. The van der Waals surface area contributed by atoms with Gasteiger partial charge < -0.3 is 14.2 Å². The van der Waals surface area contributed by atoms with Crippen LogP contribution in [0.4, 0.5) is 0 Å². The van der Waals surface area contributed by atoms with Crippen molar-refractivity contribution < 1.29 is 14.1 Å². The summed E-state index contributed by atoms with van der Waals surface area (Å²) in [4.78, 5) is 15.3. The van der Waals surface area contributed by atoms with Crippen LogP contribution in [-0.2, 0) is 9.31 Å². The van der Waals surface area contributed by atoms with Gasteiger partial charge in [-0.25, -0.2) is 0 Å². The summed E-state index contributed by atoms with van der Waals surface area (Å²) in [5, 5.41) is 0. The van der Waals surface area contributed by atoms with Gasteiger partial charge in [0.15, 0.2) is 0 Å². The highest BCUT2D eigenvalue weighted by Gasteiger charge is 2.52. The Morgan fingerprint density at radius 1 is 0.962 bits per heavy atom. The average molecular weight is 359 g/mol.